The highest BCUT2D eigenvalue weighted by Crippen LogP contribution is 2.51. The highest BCUT2D eigenvalue weighted by molar-refractivity contribution is 6.28. The molecule has 0 amide bonds. The minimum Gasteiger partial charge on any atom is -0.307 e. The Hall–Kier alpha value is -8.46. The van der Waals surface area contributed by atoms with Crippen LogP contribution in [-0.2, 0) is 0 Å². The van der Waals surface area contributed by atoms with Crippen LogP contribution in [0.3, 0.4) is 0 Å². The van der Waals surface area contributed by atoms with Gasteiger partial charge in [0, 0.05) is 45.4 Å². The molecule has 0 heterocycles. The molecule has 0 N–H and O–H groups in total. The zero-order valence-corrected chi connectivity index (χ0v) is 34.5. The molecule has 0 aliphatic carbocycles. The Morgan fingerprint density at radius 2 is 0.781 bits per heavy atom. The fraction of sp³-hybridized carbons (Fsp3) is 0.0357. The minimum absolute atomic E-state index is 0.124. The van der Waals surface area contributed by atoms with Crippen LogP contribution in [0.15, 0.2) is 170 Å². The van der Waals surface area contributed by atoms with Crippen molar-refractivity contribution in [2.45, 2.75) is 13.8 Å². The van der Waals surface area contributed by atoms with E-state index in [1.807, 2.05) is 111 Å². The summed E-state index contributed by atoms with van der Waals surface area (Å²) < 4.78 is 64.3. The third-order valence-corrected chi connectivity index (χ3v) is 12.0. The van der Waals surface area contributed by atoms with Crippen molar-refractivity contribution in [3.05, 3.63) is 215 Å². The van der Waals surface area contributed by atoms with Crippen molar-refractivity contribution in [1.82, 2.24) is 0 Å². The number of rotatable bonds is 8. The third-order valence-electron chi connectivity index (χ3n) is 12.0. The van der Waals surface area contributed by atoms with Gasteiger partial charge in [-0.25, -0.2) is 17.6 Å². The number of benzene rings is 10. The zero-order chi connectivity index (χ0) is 44.2. The second-order valence-corrected chi connectivity index (χ2v) is 15.8. The lowest BCUT2D eigenvalue weighted by Crippen LogP contribution is -2.15. The van der Waals surface area contributed by atoms with Crippen molar-refractivity contribution in [3.63, 3.8) is 0 Å². The minimum atomic E-state index is -0.778. The summed E-state index contributed by atoms with van der Waals surface area (Å²) in [5.74, 6) is -3.01. The maximum absolute atomic E-state index is 16.8. The first-order valence-electron chi connectivity index (χ1n) is 20.5. The number of nitriles is 2. The monoisotopic (exact) mass is 838 g/mol. The second kappa shape index (κ2) is 15.8. The van der Waals surface area contributed by atoms with Gasteiger partial charge in [0.15, 0.2) is 11.6 Å². The molecule has 0 fully saturated rings. The van der Waals surface area contributed by atoms with Crippen molar-refractivity contribution >= 4 is 66.4 Å². The lowest BCUT2D eigenvalue weighted by Gasteiger charge is -2.31. The highest BCUT2D eigenvalue weighted by Gasteiger charge is 2.28. The summed E-state index contributed by atoms with van der Waals surface area (Å²) in [4.78, 5) is 3.55. The van der Waals surface area contributed by atoms with Crippen molar-refractivity contribution in [3.8, 4) is 34.4 Å². The number of halogens is 4. The molecule has 0 bridgehead atoms. The molecule has 0 unspecified atom stereocenters. The van der Waals surface area contributed by atoms with Gasteiger partial charge >= 0.3 is 0 Å². The lowest BCUT2D eigenvalue weighted by atomic mass is 9.91. The van der Waals surface area contributed by atoms with Gasteiger partial charge < -0.3 is 9.80 Å². The van der Waals surface area contributed by atoms with E-state index >= 15 is 17.6 Å². The van der Waals surface area contributed by atoms with E-state index in [2.05, 4.69) is 12.1 Å². The van der Waals surface area contributed by atoms with E-state index in [9.17, 15) is 10.5 Å². The van der Waals surface area contributed by atoms with Gasteiger partial charge in [0.05, 0.1) is 46.0 Å². The van der Waals surface area contributed by atoms with Crippen LogP contribution in [-0.4, -0.2) is 0 Å². The molecule has 0 saturated heterocycles. The predicted molar refractivity (Wildman–Crippen MR) is 249 cm³/mol. The Kier molecular flexibility index (Phi) is 9.78. The molecule has 0 saturated carbocycles. The van der Waals surface area contributed by atoms with Crippen LogP contribution in [0.4, 0.5) is 51.7 Å². The van der Waals surface area contributed by atoms with Gasteiger partial charge in [-0.05, 0) is 130 Å². The van der Waals surface area contributed by atoms with E-state index in [1.54, 1.807) is 58.3 Å². The first kappa shape index (κ1) is 39.7. The van der Waals surface area contributed by atoms with Crippen LogP contribution < -0.4 is 9.80 Å². The molecular weight excluding hydrogens is 805 g/mol. The predicted octanol–water partition coefficient (Wildman–Crippen LogP) is 15.8. The average Bonchev–Trinajstić information content (AvgIpc) is 3.30. The van der Waals surface area contributed by atoms with Crippen LogP contribution in [0.5, 0.6) is 0 Å². The van der Waals surface area contributed by atoms with Crippen molar-refractivity contribution in [1.29, 1.82) is 10.5 Å². The largest absolute Gasteiger partial charge is 0.307 e. The third kappa shape index (κ3) is 6.61. The number of aryl methyl sites for hydroxylation is 2. The molecule has 10 aromatic carbocycles. The number of nitrogens with zero attached hydrogens (tertiary/aromatic N) is 4. The van der Waals surface area contributed by atoms with Crippen molar-refractivity contribution in [2.24, 2.45) is 0 Å². The number of hydrogen-bond acceptors (Lipinski definition) is 4. The maximum atomic E-state index is 16.8. The average molecular weight is 839 g/mol. The number of anilines is 6. The molecule has 64 heavy (non-hydrogen) atoms. The Balaban J connectivity index is 1.28. The Morgan fingerprint density at radius 3 is 1.16 bits per heavy atom. The Labute approximate surface area is 366 Å². The van der Waals surface area contributed by atoms with E-state index in [1.165, 1.54) is 12.1 Å². The molecule has 0 aliphatic heterocycles. The summed E-state index contributed by atoms with van der Waals surface area (Å²) in [5.41, 5.74) is 6.98. The van der Waals surface area contributed by atoms with Gasteiger partial charge in [0.2, 0.25) is 0 Å². The summed E-state index contributed by atoms with van der Waals surface area (Å²) >= 11 is 0. The molecule has 4 nitrogen and oxygen atoms in total. The standard InChI is InChI=1S/C56H34F4N4/c1-33-7-3-5-9-43(33)47-27-39(57)29-49(59)55(47)63(41-19-11-35(31-61)12-20-41)51-25-17-37-16-24-46-52(26-18-38-15-23-45(51)53(37)54(38)46)64(42-21-13-36(32-62)14-22-42)56-48(28-40(58)30-50(56)60)44-10-6-4-8-34(44)2/h3-30H,1-2H3. The van der Waals surface area contributed by atoms with E-state index in [-0.39, 0.29) is 11.4 Å². The van der Waals surface area contributed by atoms with E-state index in [0.29, 0.717) is 56.1 Å². The van der Waals surface area contributed by atoms with Crippen LogP contribution >= 0.6 is 0 Å². The van der Waals surface area contributed by atoms with Gasteiger partial charge in [-0.2, -0.15) is 10.5 Å². The van der Waals surface area contributed by atoms with Gasteiger partial charge in [-0.1, -0.05) is 84.9 Å². The van der Waals surface area contributed by atoms with Crippen LogP contribution in [0.1, 0.15) is 22.3 Å². The lowest BCUT2D eigenvalue weighted by molar-refractivity contribution is 0.584. The summed E-state index contributed by atoms with van der Waals surface area (Å²) in [6.45, 7) is 3.79. The fourth-order valence-corrected chi connectivity index (χ4v) is 9.05. The van der Waals surface area contributed by atoms with E-state index < -0.39 is 23.3 Å². The maximum Gasteiger partial charge on any atom is 0.150 e. The quantitative estimate of drug-likeness (QED) is 0.113. The molecule has 0 atom stereocenters. The van der Waals surface area contributed by atoms with Gasteiger partial charge in [0.1, 0.15) is 11.6 Å². The second-order valence-electron chi connectivity index (χ2n) is 15.8. The molecular formula is C56H34F4N4. The molecule has 10 rings (SSSR count). The van der Waals surface area contributed by atoms with Crippen molar-refractivity contribution < 1.29 is 17.6 Å². The Morgan fingerprint density at radius 1 is 0.406 bits per heavy atom. The summed E-state index contributed by atoms with van der Waals surface area (Å²) in [5, 5.41) is 24.4. The summed E-state index contributed by atoms with van der Waals surface area (Å²) in [6.07, 6.45) is 0. The fourth-order valence-electron chi connectivity index (χ4n) is 9.05. The van der Waals surface area contributed by atoms with E-state index in [4.69, 9.17) is 0 Å². The molecule has 8 heteroatoms. The van der Waals surface area contributed by atoms with Gasteiger partial charge in [-0.15, -0.1) is 0 Å². The first-order chi connectivity index (χ1) is 31.1. The van der Waals surface area contributed by atoms with Crippen LogP contribution in [0.2, 0.25) is 0 Å². The van der Waals surface area contributed by atoms with Gasteiger partial charge in [0.25, 0.3) is 0 Å². The SMILES string of the molecule is Cc1ccccc1-c1cc(F)cc(F)c1N(c1ccc(C#N)cc1)c1ccc2ccc3c(N(c4ccc(C#N)cc4)c4c(F)cc(F)cc4-c4ccccc4C)ccc4ccc1c2c43. The first-order valence-corrected chi connectivity index (χ1v) is 20.5. The van der Waals surface area contributed by atoms with Crippen LogP contribution in [0.25, 0.3) is 54.6 Å². The Bertz CT molecular complexity index is 3310. The molecule has 0 aliphatic rings. The van der Waals surface area contributed by atoms with E-state index in [0.717, 1.165) is 55.6 Å². The number of hydrogen-bond donors (Lipinski definition) is 0. The van der Waals surface area contributed by atoms with Gasteiger partial charge in [-0.3, -0.25) is 0 Å². The summed E-state index contributed by atoms with van der Waals surface area (Å²) in [6, 6.07) is 53.0. The topological polar surface area (TPSA) is 54.1 Å². The smallest absolute Gasteiger partial charge is 0.150 e. The molecule has 0 aromatic heterocycles. The zero-order valence-electron chi connectivity index (χ0n) is 34.5. The normalized spacial score (nSPS) is 11.2. The van der Waals surface area contributed by atoms with Crippen LogP contribution in [0, 0.1) is 59.8 Å². The molecule has 10 aromatic rings. The summed E-state index contributed by atoms with van der Waals surface area (Å²) in [7, 11) is 0. The molecule has 0 radical (unpaired) electrons. The molecule has 306 valence electrons. The molecule has 0 spiro atoms. The highest BCUT2D eigenvalue weighted by atomic mass is 19.1. The van der Waals surface area contributed by atoms with Crippen molar-refractivity contribution in [2.75, 3.05) is 9.80 Å².